The second-order valence-corrected chi connectivity index (χ2v) is 8.99. The van der Waals surface area contributed by atoms with Crippen molar-refractivity contribution in [2.75, 3.05) is 5.75 Å². The summed E-state index contributed by atoms with van der Waals surface area (Å²) in [4.78, 5) is 0. The molecule has 36 heavy (non-hydrogen) atoms. The summed E-state index contributed by atoms with van der Waals surface area (Å²) in [5.41, 5.74) is -5.86. The van der Waals surface area contributed by atoms with Gasteiger partial charge in [-0.25, -0.2) is 22.0 Å². The summed E-state index contributed by atoms with van der Waals surface area (Å²) in [6, 6.07) is 0. The lowest BCUT2D eigenvalue weighted by atomic mass is 9.89. The van der Waals surface area contributed by atoms with Crippen LogP contribution in [0.2, 0.25) is 0 Å². The lowest BCUT2D eigenvalue weighted by molar-refractivity contribution is -0.306. The molecule has 0 aliphatic carbocycles. The summed E-state index contributed by atoms with van der Waals surface area (Å²) >= 11 is 0. The third kappa shape index (κ3) is 7.98. The van der Waals surface area contributed by atoms with Crippen molar-refractivity contribution >= 4 is 10.1 Å². The van der Waals surface area contributed by atoms with Crippen LogP contribution < -0.4 is 0 Å². The maximum atomic E-state index is 14.1. The van der Waals surface area contributed by atoms with E-state index in [4.69, 9.17) is 0 Å². The van der Waals surface area contributed by atoms with E-state index in [0.717, 1.165) is 0 Å². The van der Waals surface area contributed by atoms with Gasteiger partial charge in [-0.15, -0.1) is 0 Å². The van der Waals surface area contributed by atoms with Crippen LogP contribution in [0.3, 0.4) is 0 Å². The maximum Gasteiger partial charge on any atom is 0.409 e. The molecule has 0 N–H and O–H groups in total. The first-order valence-electron chi connectivity index (χ1n) is 8.55. The Kier molecular flexibility index (Phi) is 9.23. The molecule has 0 aliphatic rings. The third-order valence-electron chi connectivity index (χ3n) is 4.20. The SMILES string of the molecule is CC(F)(F)C(F)(F)C(C)(F)C(F)(F)CS(=O)(=O)OC(CC(F)(F)F)C(F)(F)C(F)(F)/C=C\C(F)(F)F. The van der Waals surface area contributed by atoms with Crippen LogP contribution in [0.15, 0.2) is 12.2 Å². The lowest BCUT2D eigenvalue weighted by Crippen LogP contribution is -2.64. The van der Waals surface area contributed by atoms with E-state index in [-0.39, 0.29) is 0 Å². The van der Waals surface area contributed by atoms with Gasteiger partial charge in [0.05, 0.1) is 6.42 Å². The van der Waals surface area contributed by atoms with Crippen LogP contribution in [0.25, 0.3) is 0 Å². The lowest BCUT2D eigenvalue weighted by Gasteiger charge is -2.39. The number of alkyl halides is 17. The van der Waals surface area contributed by atoms with Crippen LogP contribution >= 0.6 is 0 Å². The highest BCUT2D eigenvalue weighted by Crippen LogP contribution is 2.52. The Labute approximate surface area is 190 Å². The van der Waals surface area contributed by atoms with Crippen LogP contribution in [0.1, 0.15) is 20.3 Å². The Bertz CT molecular complexity index is 894. The van der Waals surface area contributed by atoms with Crippen molar-refractivity contribution in [2.24, 2.45) is 0 Å². The van der Waals surface area contributed by atoms with Crippen molar-refractivity contribution in [3.05, 3.63) is 12.2 Å². The van der Waals surface area contributed by atoms with E-state index in [2.05, 4.69) is 4.18 Å². The topological polar surface area (TPSA) is 43.4 Å². The van der Waals surface area contributed by atoms with Gasteiger partial charge < -0.3 is 0 Å². The molecule has 0 saturated heterocycles. The minimum atomic E-state index is -6.91. The molecule has 0 bridgehead atoms. The number of allylic oxidation sites excluding steroid dienone is 2. The van der Waals surface area contributed by atoms with Gasteiger partial charge in [0.1, 0.15) is 5.75 Å². The molecule has 2 atom stereocenters. The molecule has 0 radical (unpaired) electrons. The summed E-state index contributed by atoms with van der Waals surface area (Å²) in [7, 11) is -6.91. The first-order chi connectivity index (χ1) is 15.2. The minimum Gasteiger partial charge on any atom is -0.260 e. The Hall–Kier alpha value is -1.54. The van der Waals surface area contributed by atoms with Gasteiger partial charge in [-0.2, -0.15) is 61.1 Å². The van der Waals surface area contributed by atoms with Crippen LogP contribution in [0.5, 0.6) is 0 Å². The average molecular weight is 596 g/mol. The monoisotopic (exact) mass is 596 g/mol. The van der Waals surface area contributed by atoms with Gasteiger partial charge in [0.25, 0.3) is 10.1 Å². The molecule has 0 rings (SSSR count). The zero-order valence-corrected chi connectivity index (χ0v) is 18.0. The number of hydrogen-bond acceptors (Lipinski definition) is 3. The highest BCUT2D eigenvalue weighted by atomic mass is 32.2. The van der Waals surface area contributed by atoms with Crippen LogP contribution in [0, 0.1) is 0 Å². The first-order valence-corrected chi connectivity index (χ1v) is 10.1. The van der Waals surface area contributed by atoms with Crippen molar-refractivity contribution in [3.8, 4) is 0 Å². The molecule has 21 heteroatoms. The maximum absolute atomic E-state index is 14.1. The quantitative estimate of drug-likeness (QED) is 0.152. The van der Waals surface area contributed by atoms with Crippen molar-refractivity contribution in [3.63, 3.8) is 0 Å². The summed E-state index contributed by atoms with van der Waals surface area (Å²) in [5, 5.41) is 0. The fourth-order valence-corrected chi connectivity index (χ4v) is 3.49. The zero-order chi connectivity index (χ0) is 29.6. The second kappa shape index (κ2) is 9.64. The molecular weight excluding hydrogens is 583 g/mol. The van der Waals surface area contributed by atoms with Crippen molar-refractivity contribution in [2.45, 2.75) is 74.0 Å². The van der Waals surface area contributed by atoms with Crippen molar-refractivity contribution < 1.29 is 87.2 Å². The smallest absolute Gasteiger partial charge is 0.260 e. The summed E-state index contributed by atoms with van der Waals surface area (Å²) in [6.07, 6.45) is -23.4. The third-order valence-corrected chi connectivity index (χ3v) is 5.44. The summed E-state index contributed by atoms with van der Waals surface area (Å²) in [5.74, 6) is -34.8. The number of halogens is 17. The summed E-state index contributed by atoms with van der Waals surface area (Å²) in [6.45, 7) is -1.79. The molecule has 0 aromatic heterocycles. The summed E-state index contributed by atoms with van der Waals surface area (Å²) < 4.78 is 250. The highest BCUT2D eigenvalue weighted by molar-refractivity contribution is 7.86. The van der Waals surface area contributed by atoms with Gasteiger partial charge in [0.2, 0.25) is 5.67 Å². The zero-order valence-electron chi connectivity index (χ0n) is 17.2. The van der Waals surface area contributed by atoms with E-state index in [1.807, 2.05) is 0 Å². The minimum absolute atomic E-state index is 0.803. The molecule has 0 fully saturated rings. The average Bonchev–Trinajstić information content (AvgIpc) is 2.54. The van der Waals surface area contributed by atoms with Gasteiger partial charge >= 0.3 is 42.0 Å². The van der Waals surface area contributed by atoms with Gasteiger partial charge in [-0.05, 0) is 13.0 Å². The van der Waals surface area contributed by atoms with Gasteiger partial charge in [0.15, 0.2) is 6.10 Å². The Morgan fingerprint density at radius 3 is 1.47 bits per heavy atom. The molecule has 0 aromatic rings. The molecule has 0 amide bonds. The highest BCUT2D eigenvalue weighted by Gasteiger charge is 2.75. The van der Waals surface area contributed by atoms with Crippen molar-refractivity contribution in [1.82, 2.24) is 0 Å². The van der Waals surface area contributed by atoms with Gasteiger partial charge in [-0.3, -0.25) is 4.18 Å². The predicted octanol–water partition coefficient (Wildman–Crippen LogP) is 6.70. The molecule has 0 spiro atoms. The van der Waals surface area contributed by atoms with Crippen molar-refractivity contribution in [1.29, 1.82) is 0 Å². The molecule has 0 saturated carbocycles. The van der Waals surface area contributed by atoms with Gasteiger partial charge in [0, 0.05) is 13.0 Å². The molecule has 3 nitrogen and oxygen atoms in total. The molecular formula is C15H13F17O3S. The fourth-order valence-electron chi connectivity index (χ4n) is 2.17. The standard InChI is InChI=1S/C15H13F17O3S/c1-8(16,15(31,32)9(2,17)18)11(21,22)6-36(33,34)35-7(5-13(26,27)28)14(29,30)10(19,20)3-4-12(23,24)25/h3-4,7H,5-6H2,1-2H3/b4-3-. The largest absolute Gasteiger partial charge is 0.409 e. The Morgan fingerprint density at radius 1 is 0.722 bits per heavy atom. The van der Waals surface area contributed by atoms with E-state index in [0.29, 0.717) is 0 Å². The molecule has 0 aromatic carbocycles. The Morgan fingerprint density at radius 2 is 1.14 bits per heavy atom. The number of hydrogen-bond donors (Lipinski definition) is 0. The fraction of sp³-hybridized carbons (Fsp3) is 0.867. The number of rotatable bonds is 11. The van der Waals surface area contributed by atoms with Crippen LogP contribution in [0.4, 0.5) is 74.6 Å². The second-order valence-electron chi connectivity index (χ2n) is 7.40. The normalized spacial score (nSPS) is 18.4. The predicted molar refractivity (Wildman–Crippen MR) is 84.4 cm³/mol. The van der Waals surface area contributed by atoms with E-state index < -0.39 is 102 Å². The molecule has 0 heterocycles. The Balaban J connectivity index is 6.43. The van der Waals surface area contributed by atoms with E-state index in [1.54, 1.807) is 0 Å². The van der Waals surface area contributed by atoms with Gasteiger partial charge in [-0.1, -0.05) is 0 Å². The molecule has 2 unspecified atom stereocenters. The van der Waals surface area contributed by atoms with Crippen LogP contribution in [-0.2, 0) is 14.3 Å². The van der Waals surface area contributed by atoms with E-state index >= 15 is 0 Å². The molecule has 216 valence electrons. The van der Waals surface area contributed by atoms with E-state index in [1.165, 1.54) is 0 Å². The first kappa shape index (κ1) is 34.5. The van der Waals surface area contributed by atoms with E-state index in [9.17, 15) is 83.1 Å². The van der Waals surface area contributed by atoms with Crippen LogP contribution in [-0.4, -0.2) is 67.9 Å². The molecule has 0 aliphatic heterocycles.